The molecule has 1 unspecified atom stereocenters. The van der Waals surface area contributed by atoms with Crippen LogP contribution in [0.2, 0.25) is 0 Å². The highest BCUT2D eigenvalue weighted by Gasteiger charge is 2.09. The second-order valence-corrected chi connectivity index (χ2v) is 6.29. The molecule has 0 aliphatic heterocycles. The number of carboxylic acid groups (broad SMARTS) is 2. The normalized spacial score (nSPS) is 11.8. The Kier molecular flexibility index (Phi) is 10.5. The molecule has 0 saturated heterocycles. The van der Waals surface area contributed by atoms with Gasteiger partial charge < -0.3 is 15.5 Å². The highest BCUT2D eigenvalue weighted by atomic mass is 16.4. The van der Waals surface area contributed by atoms with Gasteiger partial charge in [0.1, 0.15) is 0 Å². The lowest BCUT2D eigenvalue weighted by atomic mass is 9.97. The number of aliphatic carboxylic acids is 2. The van der Waals surface area contributed by atoms with E-state index >= 15 is 0 Å². The Bertz CT molecular complexity index is 734. The third-order valence-electron chi connectivity index (χ3n) is 4.03. The van der Waals surface area contributed by atoms with Crippen LogP contribution < -0.4 is 5.32 Å². The predicted octanol–water partition coefficient (Wildman–Crippen LogP) is 4.26. The van der Waals surface area contributed by atoms with E-state index in [0.717, 1.165) is 13.0 Å². The van der Waals surface area contributed by atoms with E-state index in [1.807, 2.05) is 0 Å². The van der Waals surface area contributed by atoms with E-state index in [0.29, 0.717) is 18.2 Å². The summed E-state index contributed by atoms with van der Waals surface area (Å²) in [5, 5.41) is 22.1. The zero-order valence-electron chi connectivity index (χ0n) is 16.0. The van der Waals surface area contributed by atoms with Gasteiger partial charge in [0.05, 0.1) is 0 Å². The summed E-state index contributed by atoms with van der Waals surface area (Å²) in [6.45, 7) is 5.62. The van der Waals surface area contributed by atoms with Crippen LogP contribution in [0.1, 0.15) is 38.7 Å². The van der Waals surface area contributed by atoms with Crippen LogP contribution in [0.5, 0.6) is 0 Å². The molecule has 0 aliphatic rings. The lowest BCUT2D eigenvalue weighted by Gasteiger charge is -2.19. The number of fused-ring (bicyclic) bond motifs is 1. The average Bonchev–Trinajstić information content (AvgIpc) is 2.65. The van der Waals surface area contributed by atoms with Crippen LogP contribution in [0.4, 0.5) is 0 Å². The van der Waals surface area contributed by atoms with E-state index in [4.69, 9.17) is 10.2 Å². The maximum Gasteiger partial charge on any atom is 0.328 e. The molecule has 5 nitrogen and oxygen atoms in total. The topological polar surface area (TPSA) is 86.6 Å². The van der Waals surface area contributed by atoms with Gasteiger partial charge in [0.2, 0.25) is 0 Å². The summed E-state index contributed by atoms with van der Waals surface area (Å²) in [6, 6.07) is 16.0. The summed E-state index contributed by atoms with van der Waals surface area (Å²) in [5.74, 6) is -2.51. The van der Waals surface area contributed by atoms with Gasteiger partial charge in [-0.1, -0.05) is 62.7 Å². The maximum atomic E-state index is 9.55. The van der Waals surface area contributed by atoms with Gasteiger partial charge in [0.15, 0.2) is 0 Å². The van der Waals surface area contributed by atoms with Crippen molar-refractivity contribution in [3.8, 4) is 0 Å². The van der Waals surface area contributed by atoms with Crippen LogP contribution in [-0.4, -0.2) is 34.7 Å². The summed E-state index contributed by atoms with van der Waals surface area (Å²) < 4.78 is 0. The molecule has 2 rings (SSSR count). The molecular formula is C22H29NO4. The molecule has 0 aromatic heterocycles. The molecule has 0 radical (unpaired) electrons. The molecule has 0 amide bonds. The fraction of sp³-hybridized carbons (Fsp3) is 0.364. The van der Waals surface area contributed by atoms with Crippen molar-refractivity contribution in [2.75, 3.05) is 6.54 Å². The van der Waals surface area contributed by atoms with Crippen molar-refractivity contribution in [1.82, 2.24) is 5.32 Å². The van der Waals surface area contributed by atoms with Gasteiger partial charge in [0.25, 0.3) is 0 Å². The molecule has 0 fully saturated rings. The summed E-state index contributed by atoms with van der Waals surface area (Å²) >= 11 is 0. The number of carbonyl (C=O) groups is 2. The van der Waals surface area contributed by atoms with E-state index in [1.54, 1.807) is 0 Å². The van der Waals surface area contributed by atoms with Crippen molar-refractivity contribution in [2.24, 2.45) is 0 Å². The Morgan fingerprint density at radius 3 is 2.19 bits per heavy atom. The lowest BCUT2D eigenvalue weighted by Crippen LogP contribution is -2.31. The van der Waals surface area contributed by atoms with Crippen molar-refractivity contribution in [1.29, 1.82) is 0 Å². The smallest absolute Gasteiger partial charge is 0.328 e. The van der Waals surface area contributed by atoms with Gasteiger partial charge >= 0.3 is 11.9 Å². The number of carboxylic acids is 2. The first-order chi connectivity index (χ1) is 13.0. The SMILES string of the molecule is CCCNC(CCC)Cc1cccc2ccccc12.O=C(O)C=CC(=O)O. The molecule has 3 N–H and O–H groups in total. The third-order valence-corrected chi connectivity index (χ3v) is 4.03. The minimum atomic E-state index is -1.26. The van der Waals surface area contributed by atoms with Crippen LogP contribution in [0, 0.1) is 0 Å². The van der Waals surface area contributed by atoms with Crippen LogP contribution in [0.15, 0.2) is 54.6 Å². The molecule has 2 aromatic rings. The summed E-state index contributed by atoms with van der Waals surface area (Å²) in [4.78, 5) is 19.1. The molecule has 2 aromatic carbocycles. The van der Waals surface area contributed by atoms with E-state index in [9.17, 15) is 9.59 Å². The van der Waals surface area contributed by atoms with Gasteiger partial charge in [-0.05, 0) is 42.1 Å². The second kappa shape index (κ2) is 12.7. The van der Waals surface area contributed by atoms with Crippen LogP contribution in [-0.2, 0) is 16.0 Å². The Morgan fingerprint density at radius 1 is 0.963 bits per heavy atom. The van der Waals surface area contributed by atoms with E-state index < -0.39 is 11.9 Å². The van der Waals surface area contributed by atoms with Gasteiger partial charge in [-0.15, -0.1) is 0 Å². The molecule has 146 valence electrons. The number of rotatable bonds is 9. The summed E-state index contributed by atoms with van der Waals surface area (Å²) in [6.07, 6.45) is 5.95. The molecule has 1 atom stereocenters. The number of hydrogen-bond donors (Lipinski definition) is 3. The molecule has 0 heterocycles. The quantitative estimate of drug-likeness (QED) is 0.573. The predicted molar refractivity (Wildman–Crippen MR) is 109 cm³/mol. The van der Waals surface area contributed by atoms with Gasteiger partial charge in [-0.3, -0.25) is 0 Å². The fourth-order valence-corrected chi connectivity index (χ4v) is 2.85. The Morgan fingerprint density at radius 2 is 1.59 bits per heavy atom. The molecule has 0 saturated carbocycles. The minimum absolute atomic E-state index is 0.558. The van der Waals surface area contributed by atoms with Crippen molar-refractivity contribution < 1.29 is 19.8 Å². The Hall–Kier alpha value is -2.66. The maximum absolute atomic E-state index is 9.55. The average molecular weight is 371 g/mol. The third kappa shape index (κ3) is 9.01. The zero-order valence-corrected chi connectivity index (χ0v) is 16.0. The summed E-state index contributed by atoms with van der Waals surface area (Å²) in [5.41, 5.74) is 1.47. The first kappa shape index (κ1) is 22.4. The van der Waals surface area contributed by atoms with Crippen LogP contribution >= 0.6 is 0 Å². The monoisotopic (exact) mass is 371 g/mol. The molecule has 0 bridgehead atoms. The minimum Gasteiger partial charge on any atom is -0.478 e. The van der Waals surface area contributed by atoms with Gasteiger partial charge in [-0.2, -0.15) is 0 Å². The second-order valence-electron chi connectivity index (χ2n) is 6.29. The van der Waals surface area contributed by atoms with Crippen molar-refractivity contribution in [3.05, 3.63) is 60.2 Å². The zero-order chi connectivity index (χ0) is 20.1. The van der Waals surface area contributed by atoms with Crippen molar-refractivity contribution in [3.63, 3.8) is 0 Å². The van der Waals surface area contributed by atoms with E-state index in [-0.39, 0.29) is 0 Å². The van der Waals surface area contributed by atoms with Gasteiger partial charge in [-0.25, -0.2) is 9.59 Å². The van der Waals surface area contributed by atoms with E-state index in [1.165, 1.54) is 35.6 Å². The highest BCUT2D eigenvalue weighted by molar-refractivity contribution is 5.89. The number of nitrogens with one attached hydrogen (secondary N) is 1. The Balaban J connectivity index is 0.000000387. The number of benzene rings is 2. The first-order valence-electron chi connectivity index (χ1n) is 9.31. The standard InChI is InChI=1S/C18H25N.C4H4O4/c1-3-8-17(19-13-4-2)14-16-11-7-10-15-9-5-6-12-18(15)16;5-3(6)1-2-4(7)8/h5-7,9-12,17,19H,3-4,8,13-14H2,1-2H3;1-2H,(H,5,6)(H,7,8). The highest BCUT2D eigenvalue weighted by Crippen LogP contribution is 2.20. The first-order valence-corrected chi connectivity index (χ1v) is 9.31. The summed E-state index contributed by atoms with van der Waals surface area (Å²) in [7, 11) is 0. The largest absolute Gasteiger partial charge is 0.478 e. The van der Waals surface area contributed by atoms with Crippen LogP contribution in [0.25, 0.3) is 10.8 Å². The van der Waals surface area contributed by atoms with Gasteiger partial charge in [0, 0.05) is 18.2 Å². The molecule has 27 heavy (non-hydrogen) atoms. The molecule has 0 spiro atoms. The molecule has 0 aliphatic carbocycles. The Labute approximate surface area is 160 Å². The lowest BCUT2D eigenvalue weighted by molar-refractivity contribution is -0.134. The molecule has 5 heteroatoms. The fourth-order valence-electron chi connectivity index (χ4n) is 2.85. The van der Waals surface area contributed by atoms with Crippen molar-refractivity contribution in [2.45, 2.75) is 45.6 Å². The van der Waals surface area contributed by atoms with Crippen molar-refractivity contribution >= 4 is 22.7 Å². The van der Waals surface area contributed by atoms with Crippen LogP contribution in [0.3, 0.4) is 0 Å². The van der Waals surface area contributed by atoms with E-state index in [2.05, 4.69) is 61.6 Å². The number of hydrogen-bond acceptors (Lipinski definition) is 3. The molecular weight excluding hydrogens is 342 g/mol.